The lowest BCUT2D eigenvalue weighted by molar-refractivity contribution is -0.134. The Balaban J connectivity index is 2.30. The Morgan fingerprint density at radius 3 is 2.46 bits per heavy atom. The van der Waals surface area contributed by atoms with Gasteiger partial charge in [-0.25, -0.2) is 4.79 Å². The van der Waals surface area contributed by atoms with Gasteiger partial charge >= 0.3 is 6.09 Å². The van der Waals surface area contributed by atoms with Crippen LogP contribution in [0.25, 0.3) is 0 Å². The number of carbonyl (C=O) groups excluding carboxylic acids is 2. The van der Waals surface area contributed by atoms with Gasteiger partial charge in [-0.1, -0.05) is 6.92 Å². The average Bonchev–Trinajstić information content (AvgIpc) is 2.83. The molecule has 2 heterocycles. The number of H-pyrrole nitrogens is 1. The molecule has 0 spiro atoms. The maximum absolute atomic E-state index is 12.6. The van der Waals surface area contributed by atoms with Gasteiger partial charge in [0.2, 0.25) is 5.91 Å². The van der Waals surface area contributed by atoms with E-state index in [1.54, 1.807) is 4.90 Å². The maximum Gasteiger partial charge on any atom is 0.410 e. The van der Waals surface area contributed by atoms with Crippen LogP contribution >= 0.6 is 0 Å². The van der Waals surface area contributed by atoms with Gasteiger partial charge in [0.1, 0.15) is 5.60 Å². The van der Waals surface area contributed by atoms with E-state index in [2.05, 4.69) is 4.98 Å². The molecule has 1 aliphatic heterocycles. The molecule has 0 aromatic carbocycles. The molecule has 1 aromatic heterocycles. The number of nitrogens with zero attached hydrogens (tertiary/aromatic N) is 2. The molecule has 134 valence electrons. The van der Waals surface area contributed by atoms with Crippen molar-refractivity contribution in [2.24, 2.45) is 0 Å². The summed E-state index contributed by atoms with van der Waals surface area (Å²) in [5.74, 6) is 0.116. The quantitative estimate of drug-likeness (QED) is 0.903. The molecule has 1 aromatic rings. The van der Waals surface area contributed by atoms with E-state index in [1.807, 2.05) is 52.6 Å². The van der Waals surface area contributed by atoms with E-state index in [0.29, 0.717) is 26.1 Å². The lowest BCUT2D eigenvalue weighted by Gasteiger charge is -2.41. The van der Waals surface area contributed by atoms with Gasteiger partial charge in [0, 0.05) is 37.9 Å². The summed E-state index contributed by atoms with van der Waals surface area (Å²) in [6.07, 6.45) is 2.09. The molecule has 1 saturated heterocycles. The summed E-state index contributed by atoms with van der Waals surface area (Å²) >= 11 is 0. The van der Waals surface area contributed by atoms with Gasteiger partial charge in [-0.05, 0) is 45.7 Å². The summed E-state index contributed by atoms with van der Waals surface area (Å²) in [5, 5.41) is 0. The van der Waals surface area contributed by atoms with Crippen molar-refractivity contribution in [3.05, 3.63) is 23.0 Å². The van der Waals surface area contributed by atoms with Crippen molar-refractivity contribution in [3.8, 4) is 0 Å². The highest BCUT2D eigenvalue weighted by atomic mass is 16.6. The second-order valence-corrected chi connectivity index (χ2v) is 7.39. The number of aromatic nitrogens is 1. The van der Waals surface area contributed by atoms with Crippen molar-refractivity contribution in [3.63, 3.8) is 0 Å². The SMILES string of the molecule is CCC(=O)N1CCN(C(=O)OC(C)(C)C)C(c2[nH]cc(C)c2C)C1. The molecule has 6 heteroatoms. The van der Waals surface area contributed by atoms with E-state index >= 15 is 0 Å². The number of hydrogen-bond acceptors (Lipinski definition) is 3. The number of piperazine rings is 1. The number of aromatic amines is 1. The summed E-state index contributed by atoms with van der Waals surface area (Å²) in [7, 11) is 0. The minimum Gasteiger partial charge on any atom is -0.444 e. The summed E-state index contributed by atoms with van der Waals surface area (Å²) in [4.78, 5) is 31.6. The second-order valence-electron chi connectivity index (χ2n) is 7.39. The molecule has 0 aliphatic carbocycles. The van der Waals surface area contributed by atoms with Crippen molar-refractivity contribution in [2.45, 2.75) is 59.6 Å². The van der Waals surface area contributed by atoms with Crippen molar-refractivity contribution in [2.75, 3.05) is 19.6 Å². The molecule has 2 rings (SSSR count). The zero-order chi connectivity index (χ0) is 18.1. The third-order valence-corrected chi connectivity index (χ3v) is 4.44. The van der Waals surface area contributed by atoms with Gasteiger partial charge < -0.3 is 14.6 Å². The maximum atomic E-state index is 12.6. The highest BCUT2D eigenvalue weighted by Crippen LogP contribution is 2.30. The van der Waals surface area contributed by atoms with Crippen LogP contribution in [-0.2, 0) is 9.53 Å². The van der Waals surface area contributed by atoms with Crippen LogP contribution in [0, 0.1) is 13.8 Å². The fourth-order valence-corrected chi connectivity index (χ4v) is 2.98. The van der Waals surface area contributed by atoms with E-state index in [-0.39, 0.29) is 18.0 Å². The number of nitrogens with one attached hydrogen (secondary N) is 1. The number of carbonyl (C=O) groups is 2. The Morgan fingerprint density at radius 2 is 1.96 bits per heavy atom. The fraction of sp³-hybridized carbons (Fsp3) is 0.667. The van der Waals surface area contributed by atoms with Gasteiger partial charge in [-0.3, -0.25) is 9.69 Å². The van der Waals surface area contributed by atoms with Crippen LogP contribution in [0.2, 0.25) is 0 Å². The summed E-state index contributed by atoms with van der Waals surface area (Å²) in [5.41, 5.74) is 2.71. The van der Waals surface area contributed by atoms with Crippen LogP contribution in [0.15, 0.2) is 6.20 Å². The van der Waals surface area contributed by atoms with Crippen LogP contribution in [0.3, 0.4) is 0 Å². The Bertz CT molecular complexity index is 616. The van der Waals surface area contributed by atoms with Gasteiger partial charge in [0.05, 0.1) is 6.04 Å². The number of ether oxygens (including phenoxy) is 1. The highest BCUT2D eigenvalue weighted by Gasteiger charge is 2.36. The van der Waals surface area contributed by atoms with Gasteiger partial charge in [0.25, 0.3) is 0 Å². The van der Waals surface area contributed by atoms with Gasteiger partial charge in [-0.2, -0.15) is 0 Å². The molecule has 1 aliphatic rings. The van der Waals surface area contributed by atoms with Gasteiger partial charge in [0.15, 0.2) is 0 Å². The third kappa shape index (κ3) is 3.91. The first-order valence-electron chi connectivity index (χ1n) is 8.56. The number of aryl methyl sites for hydroxylation is 1. The Labute approximate surface area is 144 Å². The summed E-state index contributed by atoms with van der Waals surface area (Å²) in [6.45, 7) is 13.0. The standard InChI is InChI=1S/C18H29N3O3/c1-7-15(22)20-8-9-21(17(23)24-18(4,5)6)14(11-20)16-13(3)12(2)10-19-16/h10,14,19H,7-9,11H2,1-6H3. The van der Waals surface area contributed by atoms with Gasteiger partial charge in [-0.15, -0.1) is 0 Å². The van der Waals surface area contributed by atoms with E-state index < -0.39 is 5.60 Å². The van der Waals surface area contributed by atoms with Crippen LogP contribution in [-0.4, -0.2) is 52.0 Å². The molecule has 0 saturated carbocycles. The number of rotatable bonds is 2. The van der Waals surface area contributed by atoms with E-state index in [4.69, 9.17) is 4.74 Å². The minimum absolute atomic E-state index is 0.116. The Morgan fingerprint density at radius 1 is 1.29 bits per heavy atom. The monoisotopic (exact) mass is 335 g/mol. The molecule has 24 heavy (non-hydrogen) atoms. The minimum atomic E-state index is -0.543. The highest BCUT2D eigenvalue weighted by molar-refractivity contribution is 5.76. The first-order chi connectivity index (χ1) is 11.1. The average molecular weight is 335 g/mol. The van der Waals surface area contributed by atoms with Crippen molar-refractivity contribution >= 4 is 12.0 Å². The molecule has 2 amide bonds. The largest absolute Gasteiger partial charge is 0.444 e. The third-order valence-electron chi connectivity index (χ3n) is 4.44. The summed E-state index contributed by atoms with van der Waals surface area (Å²) in [6, 6.07) is -0.210. The molecule has 1 atom stereocenters. The lowest BCUT2D eigenvalue weighted by Crippen LogP contribution is -2.53. The molecular formula is C18H29N3O3. The fourth-order valence-electron chi connectivity index (χ4n) is 2.98. The molecule has 1 N–H and O–H groups in total. The van der Waals surface area contributed by atoms with Crippen LogP contribution < -0.4 is 0 Å². The Kier molecular flexibility index (Phi) is 5.26. The predicted molar refractivity (Wildman–Crippen MR) is 92.8 cm³/mol. The van der Waals surface area contributed by atoms with Crippen LogP contribution in [0.1, 0.15) is 57.0 Å². The molecule has 1 unspecified atom stereocenters. The topological polar surface area (TPSA) is 65.6 Å². The molecule has 6 nitrogen and oxygen atoms in total. The van der Waals surface area contributed by atoms with E-state index in [1.165, 1.54) is 0 Å². The Hall–Kier alpha value is -1.98. The van der Waals surface area contributed by atoms with Crippen LogP contribution in [0.4, 0.5) is 4.79 Å². The number of amides is 2. The van der Waals surface area contributed by atoms with Crippen molar-refractivity contribution in [1.29, 1.82) is 0 Å². The lowest BCUT2D eigenvalue weighted by atomic mass is 10.0. The first-order valence-corrected chi connectivity index (χ1v) is 8.56. The first kappa shape index (κ1) is 18.4. The van der Waals surface area contributed by atoms with Crippen molar-refractivity contribution < 1.29 is 14.3 Å². The predicted octanol–water partition coefficient (Wildman–Crippen LogP) is 3.16. The second kappa shape index (κ2) is 6.87. The zero-order valence-electron chi connectivity index (χ0n) is 15.6. The summed E-state index contributed by atoms with van der Waals surface area (Å²) < 4.78 is 5.57. The molecular weight excluding hydrogens is 306 g/mol. The molecule has 0 bridgehead atoms. The molecule has 0 radical (unpaired) electrons. The van der Waals surface area contributed by atoms with E-state index in [0.717, 1.165) is 16.8 Å². The number of hydrogen-bond donors (Lipinski definition) is 1. The van der Waals surface area contributed by atoms with Crippen LogP contribution in [0.5, 0.6) is 0 Å². The smallest absolute Gasteiger partial charge is 0.410 e. The molecule has 1 fully saturated rings. The zero-order valence-corrected chi connectivity index (χ0v) is 15.6. The van der Waals surface area contributed by atoms with Crippen molar-refractivity contribution in [1.82, 2.24) is 14.8 Å². The normalized spacial score (nSPS) is 18.7. The van der Waals surface area contributed by atoms with E-state index in [9.17, 15) is 9.59 Å².